The van der Waals surface area contributed by atoms with Gasteiger partial charge in [-0.3, -0.25) is 4.79 Å². The van der Waals surface area contributed by atoms with E-state index in [1.807, 2.05) is 18.2 Å². The van der Waals surface area contributed by atoms with Crippen LogP contribution in [-0.4, -0.2) is 53.9 Å². The third kappa shape index (κ3) is 3.54. The Hall–Kier alpha value is -3.03. The van der Waals surface area contributed by atoms with E-state index < -0.39 is 11.5 Å². The van der Waals surface area contributed by atoms with Gasteiger partial charge in [0.25, 0.3) is 0 Å². The molecule has 1 fully saturated rings. The number of anilines is 1. The molecule has 7 nitrogen and oxygen atoms in total. The van der Waals surface area contributed by atoms with Gasteiger partial charge in [0, 0.05) is 31.5 Å². The minimum atomic E-state index is -1.20. The first-order valence-electron chi connectivity index (χ1n) is 10.2. The highest BCUT2D eigenvalue weighted by molar-refractivity contribution is 5.81. The number of carbonyl (C=O) groups is 1. The molecule has 2 atom stereocenters. The van der Waals surface area contributed by atoms with Crippen LogP contribution in [0.15, 0.2) is 70.2 Å². The normalized spacial score (nSPS) is 24.0. The molecule has 7 heteroatoms. The molecule has 1 aliphatic heterocycles. The van der Waals surface area contributed by atoms with Gasteiger partial charge in [-0.1, -0.05) is 18.2 Å². The van der Waals surface area contributed by atoms with Crippen LogP contribution in [0.3, 0.4) is 0 Å². The van der Waals surface area contributed by atoms with Crippen LogP contribution in [0.2, 0.25) is 0 Å². The van der Waals surface area contributed by atoms with Crippen molar-refractivity contribution in [2.24, 2.45) is 0 Å². The van der Waals surface area contributed by atoms with Crippen LogP contribution in [-0.2, 0) is 29.3 Å². The number of nitrogens with zero attached hydrogens (tertiary/aromatic N) is 1. The molecular weight excluding hydrogens is 398 g/mol. The number of ether oxygens (including phenoxy) is 4. The van der Waals surface area contributed by atoms with Gasteiger partial charge in [-0.15, -0.1) is 0 Å². The molecule has 0 amide bonds. The average molecular weight is 425 g/mol. The summed E-state index contributed by atoms with van der Waals surface area (Å²) in [6.45, 7) is 2.89. The largest absolute Gasteiger partial charge is 0.496 e. The molecule has 0 spiro atoms. The van der Waals surface area contributed by atoms with E-state index in [0.29, 0.717) is 36.1 Å². The van der Waals surface area contributed by atoms with Crippen LogP contribution in [0.25, 0.3) is 0 Å². The Morgan fingerprint density at radius 1 is 1.06 bits per heavy atom. The van der Waals surface area contributed by atoms with E-state index in [0.717, 1.165) is 30.6 Å². The molecule has 0 bridgehead atoms. The van der Waals surface area contributed by atoms with E-state index in [-0.39, 0.29) is 0 Å². The van der Waals surface area contributed by atoms with E-state index in [4.69, 9.17) is 23.4 Å². The van der Waals surface area contributed by atoms with Gasteiger partial charge in [0.1, 0.15) is 17.8 Å². The molecule has 1 aromatic carbocycles. The van der Waals surface area contributed by atoms with Gasteiger partial charge in [0.15, 0.2) is 5.76 Å². The zero-order valence-electron chi connectivity index (χ0n) is 18.0. The first-order valence-corrected chi connectivity index (χ1v) is 10.2. The minimum absolute atomic E-state index is 0.444. The maximum atomic E-state index is 12.4. The first kappa shape index (κ1) is 21.2. The number of para-hydroxylation sites is 1. The summed E-state index contributed by atoms with van der Waals surface area (Å²) >= 11 is 0. The Morgan fingerprint density at radius 3 is 2.45 bits per heavy atom. The van der Waals surface area contributed by atoms with Gasteiger partial charge in [-0.2, -0.15) is 0 Å². The van der Waals surface area contributed by atoms with Gasteiger partial charge >= 0.3 is 0 Å². The molecule has 0 radical (unpaired) electrons. The summed E-state index contributed by atoms with van der Waals surface area (Å²) in [5.74, 6) is 1.00. The quantitative estimate of drug-likeness (QED) is 0.630. The highest BCUT2D eigenvalue weighted by Crippen LogP contribution is 2.49. The Balaban J connectivity index is 1.91. The Kier molecular flexibility index (Phi) is 6.15. The zero-order valence-corrected chi connectivity index (χ0v) is 18.0. The van der Waals surface area contributed by atoms with E-state index >= 15 is 0 Å². The van der Waals surface area contributed by atoms with E-state index in [1.54, 1.807) is 45.8 Å². The fraction of sp³-hybridized carbons (Fsp3) is 0.375. The molecular formula is C24H27NO6. The van der Waals surface area contributed by atoms with E-state index in [2.05, 4.69) is 11.0 Å². The van der Waals surface area contributed by atoms with Crippen LogP contribution < -0.4 is 4.90 Å². The van der Waals surface area contributed by atoms with Crippen molar-refractivity contribution in [2.75, 3.05) is 52.5 Å². The van der Waals surface area contributed by atoms with Crippen molar-refractivity contribution in [1.82, 2.24) is 0 Å². The van der Waals surface area contributed by atoms with Crippen molar-refractivity contribution in [3.05, 3.63) is 77.2 Å². The van der Waals surface area contributed by atoms with Gasteiger partial charge in [-0.25, -0.2) is 0 Å². The summed E-state index contributed by atoms with van der Waals surface area (Å²) in [6.07, 6.45) is 4.17. The summed E-state index contributed by atoms with van der Waals surface area (Å²) < 4.78 is 28.8. The highest BCUT2D eigenvalue weighted by atomic mass is 16.6. The maximum absolute atomic E-state index is 12.4. The van der Waals surface area contributed by atoms with Crippen molar-refractivity contribution in [3.63, 3.8) is 0 Å². The number of aldehydes is 1. The Bertz CT molecular complexity index is 974. The molecule has 2 aromatic rings. The van der Waals surface area contributed by atoms with Crippen molar-refractivity contribution in [3.8, 4) is 0 Å². The predicted octanol–water partition coefficient (Wildman–Crippen LogP) is 3.39. The van der Waals surface area contributed by atoms with Crippen molar-refractivity contribution >= 4 is 12.0 Å². The van der Waals surface area contributed by atoms with Crippen LogP contribution in [0.4, 0.5) is 5.69 Å². The number of rotatable bonds is 7. The number of allylic oxidation sites excluding steroid dienone is 1. The molecule has 0 saturated carbocycles. The second kappa shape index (κ2) is 8.99. The predicted molar refractivity (Wildman–Crippen MR) is 115 cm³/mol. The van der Waals surface area contributed by atoms with Crippen molar-refractivity contribution < 1.29 is 28.2 Å². The number of carbonyl (C=O) groups excluding carboxylic acids is 1. The van der Waals surface area contributed by atoms with Gasteiger partial charge < -0.3 is 28.3 Å². The molecule has 4 rings (SSSR count). The summed E-state index contributed by atoms with van der Waals surface area (Å²) in [5, 5.41) is 0. The van der Waals surface area contributed by atoms with Crippen LogP contribution in [0.1, 0.15) is 17.2 Å². The monoisotopic (exact) mass is 425 g/mol. The number of hydrogen-bond acceptors (Lipinski definition) is 7. The van der Waals surface area contributed by atoms with E-state index in [9.17, 15) is 4.79 Å². The van der Waals surface area contributed by atoms with Crippen LogP contribution in [0, 0.1) is 0 Å². The molecule has 2 unspecified atom stereocenters. The lowest BCUT2D eigenvalue weighted by molar-refractivity contribution is -0.105. The number of hydrogen-bond donors (Lipinski definition) is 0. The summed E-state index contributed by atoms with van der Waals surface area (Å²) in [4.78, 5) is 14.6. The summed E-state index contributed by atoms with van der Waals surface area (Å²) in [6, 6.07) is 11.6. The molecule has 31 heavy (non-hydrogen) atoms. The third-order valence-electron chi connectivity index (χ3n) is 5.90. The van der Waals surface area contributed by atoms with Crippen LogP contribution in [0.5, 0.6) is 0 Å². The standard InChI is InChI=1S/C24H27NO6/c1-27-22-21(18-7-4-5-8-19(18)25-10-13-30-14-11-25)17(16-26)15-24(29-3,23(22)28-2)20-9-6-12-31-20/h4-9,12,15-16,21H,10-11,13-14H2,1-3H3. The Morgan fingerprint density at radius 2 is 1.84 bits per heavy atom. The summed E-state index contributed by atoms with van der Waals surface area (Å²) in [7, 11) is 4.69. The molecule has 2 heterocycles. The number of furan rings is 1. The first-order chi connectivity index (χ1) is 15.2. The fourth-order valence-corrected chi connectivity index (χ4v) is 4.48. The molecule has 164 valence electrons. The topological polar surface area (TPSA) is 70.4 Å². The lowest BCUT2D eigenvalue weighted by Crippen LogP contribution is -2.38. The second-order valence-corrected chi connectivity index (χ2v) is 7.37. The van der Waals surface area contributed by atoms with Crippen molar-refractivity contribution in [1.29, 1.82) is 0 Å². The lowest BCUT2D eigenvalue weighted by atomic mass is 9.77. The molecule has 1 aliphatic carbocycles. The van der Waals surface area contributed by atoms with Gasteiger partial charge in [-0.05, 0) is 29.8 Å². The van der Waals surface area contributed by atoms with Gasteiger partial charge in [0.05, 0.1) is 39.6 Å². The molecule has 0 N–H and O–H groups in total. The second-order valence-electron chi connectivity index (χ2n) is 7.37. The van der Waals surface area contributed by atoms with E-state index in [1.165, 1.54) is 0 Å². The van der Waals surface area contributed by atoms with Crippen LogP contribution >= 0.6 is 0 Å². The smallest absolute Gasteiger partial charge is 0.204 e. The maximum Gasteiger partial charge on any atom is 0.204 e. The lowest BCUT2D eigenvalue weighted by Gasteiger charge is -2.38. The van der Waals surface area contributed by atoms with Crippen molar-refractivity contribution in [2.45, 2.75) is 11.5 Å². The molecule has 1 aromatic heterocycles. The summed E-state index contributed by atoms with van der Waals surface area (Å²) in [5.41, 5.74) is 1.30. The Labute approximate surface area is 181 Å². The third-order valence-corrected chi connectivity index (χ3v) is 5.90. The zero-order chi connectivity index (χ0) is 21.8. The number of morpholine rings is 1. The molecule has 2 aliphatic rings. The molecule has 1 saturated heterocycles. The van der Waals surface area contributed by atoms with Gasteiger partial charge in [0.2, 0.25) is 5.60 Å². The fourth-order valence-electron chi connectivity index (χ4n) is 4.48. The average Bonchev–Trinajstić information content (AvgIpc) is 3.38. The number of benzene rings is 1. The SMILES string of the molecule is COC1=C(OC)C(OC)(c2ccco2)C=C(C=O)C1c1ccccc1N1CCOCC1. The number of methoxy groups -OCH3 is 3. The highest BCUT2D eigenvalue weighted by Gasteiger charge is 2.48. The minimum Gasteiger partial charge on any atom is -0.496 e.